The van der Waals surface area contributed by atoms with Gasteiger partial charge in [0.05, 0.1) is 22.8 Å². The Bertz CT molecular complexity index is 1400. The Hall–Kier alpha value is -3.94. The molecule has 4 aromatic heterocycles. The molecule has 2 N–H and O–H groups in total. The van der Waals surface area contributed by atoms with E-state index in [0.29, 0.717) is 12.8 Å². The average Bonchev–Trinajstić information content (AvgIpc) is 2.93. The van der Waals surface area contributed by atoms with Crippen LogP contribution in [0.15, 0.2) is 46.2 Å². The second-order valence-corrected chi connectivity index (χ2v) is 9.78. The molecule has 2 aliphatic rings. The number of hydrogen-bond donors (Lipinski definition) is 2. The van der Waals surface area contributed by atoms with Crippen LogP contribution >= 0.6 is 0 Å². The molecule has 0 fully saturated rings. The minimum absolute atomic E-state index is 0.0485. The lowest BCUT2D eigenvalue weighted by atomic mass is 9.90. The van der Waals surface area contributed by atoms with Crippen molar-refractivity contribution in [3.8, 4) is 11.4 Å². The predicted molar refractivity (Wildman–Crippen MR) is 136 cm³/mol. The van der Waals surface area contributed by atoms with Crippen molar-refractivity contribution in [2.45, 2.75) is 64.2 Å². The summed E-state index contributed by atoms with van der Waals surface area (Å²) in [4.78, 5) is 33.5. The van der Waals surface area contributed by atoms with Crippen LogP contribution in [-0.4, -0.2) is 30.4 Å². The Balaban J connectivity index is 1.18. The van der Waals surface area contributed by atoms with Crippen molar-refractivity contribution >= 4 is 0 Å². The van der Waals surface area contributed by atoms with Gasteiger partial charge >= 0.3 is 0 Å². The van der Waals surface area contributed by atoms with E-state index in [1.807, 2.05) is 24.5 Å². The van der Waals surface area contributed by atoms with Crippen LogP contribution in [0.25, 0.3) is 11.4 Å². The highest BCUT2D eigenvalue weighted by Gasteiger charge is 2.19. The van der Waals surface area contributed by atoms with Crippen molar-refractivity contribution in [1.82, 2.24) is 30.4 Å². The highest BCUT2D eigenvalue weighted by Crippen LogP contribution is 2.24. The molecule has 4 aromatic rings. The number of aromatic amines is 2. The molecule has 0 radical (unpaired) electrons. The summed E-state index contributed by atoms with van der Waals surface area (Å²) in [6.45, 7) is 0. The Morgan fingerprint density at radius 2 is 1.00 bits per heavy atom. The second-order valence-electron chi connectivity index (χ2n) is 9.78. The number of H-pyrrole nitrogens is 2. The van der Waals surface area contributed by atoms with Gasteiger partial charge in [-0.05, 0) is 85.8 Å². The maximum absolute atomic E-state index is 12.1. The van der Waals surface area contributed by atoms with E-state index < -0.39 is 0 Å². The van der Waals surface area contributed by atoms with Gasteiger partial charge in [0, 0.05) is 36.4 Å². The highest BCUT2D eigenvalue weighted by atomic mass is 16.1. The molecule has 0 amide bonds. The van der Waals surface area contributed by atoms with Crippen LogP contribution in [0.4, 0.5) is 0 Å². The lowest BCUT2D eigenvalue weighted by Crippen LogP contribution is -2.23. The Kier molecular flexibility index (Phi) is 6.01. The second kappa shape index (κ2) is 9.60. The van der Waals surface area contributed by atoms with Crippen molar-refractivity contribution in [2.75, 3.05) is 0 Å². The van der Waals surface area contributed by atoms with Gasteiger partial charge in [-0.25, -0.2) is 10.2 Å². The normalized spacial score (nSPS) is 14.8. The molecule has 8 nitrogen and oxygen atoms in total. The summed E-state index contributed by atoms with van der Waals surface area (Å²) >= 11 is 0. The number of rotatable bonds is 5. The molecule has 4 heterocycles. The third-order valence-electron chi connectivity index (χ3n) is 7.42. The Labute approximate surface area is 208 Å². The number of pyridine rings is 2. The molecule has 0 saturated carbocycles. The van der Waals surface area contributed by atoms with Crippen LogP contribution in [0, 0.1) is 0 Å². The van der Waals surface area contributed by atoms with Crippen molar-refractivity contribution in [3.63, 3.8) is 0 Å². The fourth-order valence-electron chi connectivity index (χ4n) is 5.50. The molecule has 8 heteroatoms. The van der Waals surface area contributed by atoms with E-state index >= 15 is 0 Å². The van der Waals surface area contributed by atoms with Crippen LogP contribution in [0.5, 0.6) is 0 Å². The predicted octanol–water partition coefficient (Wildman–Crippen LogP) is 3.25. The largest absolute Gasteiger partial charge is 0.268 e. The minimum atomic E-state index is -0.0485. The van der Waals surface area contributed by atoms with E-state index in [2.05, 4.69) is 42.5 Å². The number of fused-ring (bicyclic) bond motifs is 2. The molecule has 0 aromatic carbocycles. The summed E-state index contributed by atoms with van der Waals surface area (Å²) in [6.07, 6.45) is 12.9. The molecule has 0 atom stereocenters. The lowest BCUT2D eigenvalue weighted by molar-refractivity contribution is 0.655. The molecule has 2 aliphatic carbocycles. The number of nitrogens with one attached hydrogen (secondary N) is 2. The molecule has 0 unspecified atom stereocenters. The van der Waals surface area contributed by atoms with Crippen LogP contribution in [0.2, 0.25) is 0 Å². The van der Waals surface area contributed by atoms with Crippen molar-refractivity contribution in [3.05, 3.63) is 102 Å². The number of hydrogen-bond acceptors (Lipinski definition) is 6. The van der Waals surface area contributed by atoms with Crippen molar-refractivity contribution in [1.29, 1.82) is 0 Å². The number of nitrogens with zero attached hydrogens (tertiary/aromatic N) is 4. The molecule has 36 heavy (non-hydrogen) atoms. The fraction of sp³-hybridized carbons (Fsp3) is 0.357. The zero-order valence-electron chi connectivity index (χ0n) is 20.1. The smallest absolute Gasteiger partial charge is 0.267 e. The first-order valence-corrected chi connectivity index (χ1v) is 12.7. The van der Waals surface area contributed by atoms with Crippen molar-refractivity contribution < 1.29 is 0 Å². The van der Waals surface area contributed by atoms with Gasteiger partial charge in [0.15, 0.2) is 0 Å². The van der Waals surface area contributed by atoms with Gasteiger partial charge in [0.2, 0.25) is 0 Å². The molecule has 0 bridgehead atoms. The van der Waals surface area contributed by atoms with Gasteiger partial charge in [-0.2, -0.15) is 10.2 Å². The van der Waals surface area contributed by atoms with Gasteiger partial charge in [-0.1, -0.05) is 12.1 Å². The van der Waals surface area contributed by atoms with Gasteiger partial charge < -0.3 is 0 Å². The maximum Gasteiger partial charge on any atom is 0.267 e. The van der Waals surface area contributed by atoms with Gasteiger partial charge in [-0.15, -0.1) is 0 Å². The molecular weight excluding hydrogens is 452 g/mol. The minimum Gasteiger partial charge on any atom is -0.268 e. The first-order chi connectivity index (χ1) is 17.7. The maximum atomic E-state index is 12.1. The van der Waals surface area contributed by atoms with Crippen LogP contribution in [0.3, 0.4) is 0 Å². The summed E-state index contributed by atoms with van der Waals surface area (Å²) in [5.74, 6) is 0. The topological polar surface area (TPSA) is 117 Å². The molecule has 6 rings (SSSR count). The third kappa shape index (κ3) is 4.39. The first kappa shape index (κ1) is 22.5. The fourth-order valence-corrected chi connectivity index (χ4v) is 5.50. The molecule has 182 valence electrons. The molecule has 0 spiro atoms. The van der Waals surface area contributed by atoms with Crippen LogP contribution in [-0.2, 0) is 38.5 Å². The summed E-state index contributed by atoms with van der Waals surface area (Å²) in [5, 5.41) is 14.0. The zero-order chi connectivity index (χ0) is 24.5. The van der Waals surface area contributed by atoms with Crippen LogP contribution < -0.4 is 11.1 Å². The van der Waals surface area contributed by atoms with E-state index in [-0.39, 0.29) is 11.1 Å². The van der Waals surface area contributed by atoms with Gasteiger partial charge in [0.1, 0.15) is 0 Å². The SMILES string of the molecule is O=c1[nH]nc(Cc2ccc(-c3ccc(Cc4n[nH]c(=O)c5c4CCCC5)cn3)nc2)c2c1CCCC2. The summed E-state index contributed by atoms with van der Waals surface area (Å²) < 4.78 is 0. The van der Waals surface area contributed by atoms with Gasteiger partial charge in [-0.3, -0.25) is 19.6 Å². The summed E-state index contributed by atoms with van der Waals surface area (Å²) in [5.41, 5.74) is 9.54. The molecule has 0 aliphatic heterocycles. The van der Waals surface area contributed by atoms with E-state index in [4.69, 9.17) is 0 Å². The van der Waals surface area contributed by atoms with Gasteiger partial charge in [0.25, 0.3) is 11.1 Å². The molecular formula is C28H28N6O2. The Morgan fingerprint density at radius 3 is 1.39 bits per heavy atom. The van der Waals surface area contributed by atoms with E-state index in [1.54, 1.807) is 0 Å². The summed E-state index contributed by atoms with van der Waals surface area (Å²) in [7, 11) is 0. The molecule has 0 saturated heterocycles. The standard InChI is InChI=1S/C28H28N6O2/c35-27-21-7-3-1-5-19(21)25(31-33-27)13-17-9-11-23(29-15-17)24-12-10-18(16-30-24)14-26-20-6-2-4-8-22(20)28(36)34-32-26/h9-12,15-16H,1-8,13-14H2,(H,33,35)(H,34,36). The monoisotopic (exact) mass is 480 g/mol. The van der Waals surface area contributed by atoms with Crippen molar-refractivity contribution in [2.24, 2.45) is 0 Å². The first-order valence-electron chi connectivity index (χ1n) is 12.7. The third-order valence-corrected chi connectivity index (χ3v) is 7.42. The Morgan fingerprint density at radius 1 is 0.583 bits per heavy atom. The average molecular weight is 481 g/mol. The quantitative estimate of drug-likeness (QED) is 0.453. The summed E-state index contributed by atoms with van der Waals surface area (Å²) in [6, 6.07) is 8.07. The lowest BCUT2D eigenvalue weighted by Gasteiger charge is -2.17. The van der Waals surface area contributed by atoms with E-state index in [9.17, 15) is 9.59 Å². The van der Waals surface area contributed by atoms with E-state index in [1.165, 1.54) is 0 Å². The zero-order valence-corrected chi connectivity index (χ0v) is 20.1. The van der Waals surface area contributed by atoms with Crippen LogP contribution in [0.1, 0.15) is 70.5 Å². The number of aromatic nitrogens is 6. The highest BCUT2D eigenvalue weighted by molar-refractivity contribution is 5.54. The van der Waals surface area contributed by atoms with E-state index in [0.717, 1.165) is 108 Å².